The molecule has 3 aromatic rings. The number of nitrogens with one attached hydrogen (secondary N) is 2. The zero-order chi connectivity index (χ0) is 22.9. The lowest BCUT2D eigenvalue weighted by atomic mass is 9.88. The van der Waals surface area contributed by atoms with Crippen LogP contribution in [-0.2, 0) is 16.0 Å². The molecule has 2 aromatic carbocycles. The van der Waals surface area contributed by atoms with Gasteiger partial charge in [-0.3, -0.25) is 20.1 Å². The highest BCUT2D eigenvalue weighted by atomic mass is 16.5. The van der Waals surface area contributed by atoms with Crippen LogP contribution in [0, 0.1) is 5.92 Å². The van der Waals surface area contributed by atoms with Gasteiger partial charge in [-0.1, -0.05) is 61.5 Å². The van der Waals surface area contributed by atoms with Gasteiger partial charge in [-0.2, -0.15) is 0 Å². The average molecular weight is 443 g/mol. The quantitative estimate of drug-likeness (QED) is 0.554. The molecule has 1 aromatic heterocycles. The van der Waals surface area contributed by atoms with Crippen LogP contribution >= 0.6 is 0 Å². The molecule has 0 saturated carbocycles. The highest BCUT2D eigenvalue weighted by Crippen LogP contribution is 2.40. The van der Waals surface area contributed by atoms with E-state index < -0.39 is 11.8 Å². The van der Waals surface area contributed by atoms with Crippen LogP contribution in [0.3, 0.4) is 0 Å². The standard InChI is InChI=1S/C24H21N5O4/c1-14-11-17(16-9-5-6-10-18(16)30)22-20(21(14)31)29(13-33-22)28-24(32)23-25-19(26-27-23)12-15-7-3-2-4-8-15/h2-11,14,30H,12-13H2,1H3,(H,28,32)(H,25,26,27)/t14-/m0/s1. The molecule has 3 N–H and O–H groups in total. The molecule has 1 aliphatic carbocycles. The number of H-pyrrole nitrogens is 1. The minimum Gasteiger partial charge on any atom is -0.507 e. The third-order valence-corrected chi connectivity index (χ3v) is 5.51. The molecule has 0 fully saturated rings. The summed E-state index contributed by atoms with van der Waals surface area (Å²) in [5.41, 5.74) is 5.09. The Bertz CT molecular complexity index is 1290. The molecule has 0 unspecified atom stereocenters. The Hall–Kier alpha value is -4.40. The summed E-state index contributed by atoms with van der Waals surface area (Å²) in [7, 11) is 0. The van der Waals surface area contributed by atoms with E-state index in [1.165, 1.54) is 5.01 Å². The van der Waals surface area contributed by atoms with Crippen molar-refractivity contribution in [2.24, 2.45) is 5.92 Å². The first-order valence-electron chi connectivity index (χ1n) is 10.5. The summed E-state index contributed by atoms with van der Waals surface area (Å²) in [4.78, 5) is 30.0. The van der Waals surface area contributed by atoms with Gasteiger partial charge in [0.25, 0.3) is 0 Å². The number of rotatable bonds is 5. The summed E-state index contributed by atoms with van der Waals surface area (Å²) >= 11 is 0. The fraction of sp³-hybridized carbons (Fsp3) is 0.167. The second-order valence-corrected chi connectivity index (χ2v) is 7.84. The van der Waals surface area contributed by atoms with Gasteiger partial charge in [-0.25, -0.2) is 9.99 Å². The number of aromatic hydroxyl groups is 1. The summed E-state index contributed by atoms with van der Waals surface area (Å²) in [5.74, 6) is -0.308. The number of aromatic amines is 1. The fourth-order valence-corrected chi connectivity index (χ4v) is 3.89. The number of amides is 1. The summed E-state index contributed by atoms with van der Waals surface area (Å²) in [6, 6.07) is 16.5. The SMILES string of the molecule is C[C@H]1C=C(c2ccccc2O)C2=C(C1=O)N(NC(=O)c1n[nH]c(Cc3ccccc3)n1)CO2. The molecule has 1 aliphatic heterocycles. The lowest BCUT2D eigenvalue weighted by Gasteiger charge is -2.23. The van der Waals surface area contributed by atoms with E-state index in [2.05, 4.69) is 20.6 Å². The van der Waals surface area contributed by atoms with Crippen molar-refractivity contribution in [2.45, 2.75) is 13.3 Å². The van der Waals surface area contributed by atoms with Gasteiger partial charge in [0.15, 0.2) is 18.3 Å². The van der Waals surface area contributed by atoms with Gasteiger partial charge in [0.2, 0.25) is 5.82 Å². The molecule has 0 spiro atoms. The topological polar surface area (TPSA) is 120 Å². The van der Waals surface area contributed by atoms with Crippen molar-refractivity contribution in [2.75, 3.05) is 6.73 Å². The van der Waals surface area contributed by atoms with Crippen molar-refractivity contribution in [3.63, 3.8) is 0 Å². The molecule has 2 aliphatic rings. The number of Topliss-reactive ketones (excluding diaryl/α,β-unsaturated/α-hetero) is 1. The number of phenolic OH excluding ortho intramolecular Hbond substituents is 1. The molecule has 1 atom stereocenters. The van der Waals surface area contributed by atoms with E-state index in [1.54, 1.807) is 37.3 Å². The highest BCUT2D eigenvalue weighted by molar-refractivity contribution is 6.06. The van der Waals surface area contributed by atoms with Crippen LogP contribution in [0.15, 0.2) is 72.1 Å². The highest BCUT2D eigenvalue weighted by Gasteiger charge is 2.39. The summed E-state index contributed by atoms with van der Waals surface area (Å²) in [6.45, 7) is 1.71. The monoisotopic (exact) mass is 443 g/mol. The average Bonchev–Trinajstić information content (AvgIpc) is 3.45. The second kappa shape index (κ2) is 8.27. The Balaban J connectivity index is 1.37. The minimum atomic E-state index is -0.568. The number of nitrogens with zero attached hydrogens (tertiary/aromatic N) is 3. The van der Waals surface area contributed by atoms with E-state index in [0.717, 1.165) is 5.56 Å². The van der Waals surface area contributed by atoms with Crippen molar-refractivity contribution in [3.8, 4) is 5.75 Å². The number of phenols is 1. The van der Waals surface area contributed by atoms with E-state index in [9.17, 15) is 14.7 Å². The smallest absolute Gasteiger partial charge is 0.309 e. The Morgan fingerprint density at radius 1 is 1.21 bits per heavy atom. The van der Waals surface area contributed by atoms with Crippen molar-refractivity contribution in [1.29, 1.82) is 0 Å². The Labute approximate surface area is 189 Å². The van der Waals surface area contributed by atoms with Crippen molar-refractivity contribution < 1.29 is 19.4 Å². The molecule has 9 nitrogen and oxygen atoms in total. The molecule has 2 heterocycles. The van der Waals surface area contributed by atoms with Crippen LogP contribution < -0.4 is 5.43 Å². The number of carbonyl (C=O) groups excluding carboxylic acids is 2. The maximum absolute atomic E-state index is 12.9. The second-order valence-electron chi connectivity index (χ2n) is 7.84. The van der Waals surface area contributed by atoms with Crippen molar-refractivity contribution >= 4 is 17.3 Å². The third-order valence-electron chi connectivity index (χ3n) is 5.51. The van der Waals surface area contributed by atoms with E-state index in [1.807, 2.05) is 30.3 Å². The molecule has 33 heavy (non-hydrogen) atoms. The minimum absolute atomic E-state index is 0.0391. The number of ketones is 1. The summed E-state index contributed by atoms with van der Waals surface area (Å²) in [6.07, 6.45) is 2.26. The number of para-hydroxylation sites is 1. The Kier molecular flexibility index (Phi) is 5.14. The molecular formula is C24H21N5O4. The predicted octanol–water partition coefficient (Wildman–Crippen LogP) is 2.55. The molecule has 1 amide bonds. The van der Waals surface area contributed by atoms with Crippen LogP contribution in [0.25, 0.3) is 5.57 Å². The normalized spacial score (nSPS) is 17.5. The Morgan fingerprint density at radius 2 is 1.97 bits per heavy atom. The number of carbonyl (C=O) groups is 2. The van der Waals surface area contributed by atoms with Crippen LogP contribution in [0.2, 0.25) is 0 Å². The lowest BCUT2D eigenvalue weighted by Crippen LogP contribution is -2.43. The zero-order valence-electron chi connectivity index (χ0n) is 17.8. The Morgan fingerprint density at radius 3 is 2.76 bits per heavy atom. The lowest BCUT2D eigenvalue weighted by molar-refractivity contribution is -0.119. The molecule has 5 rings (SSSR count). The van der Waals surface area contributed by atoms with Crippen molar-refractivity contribution in [1.82, 2.24) is 25.6 Å². The van der Waals surface area contributed by atoms with Gasteiger partial charge in [0.05, 0.1) is 0 Å². The van der Waals surface area contributed by atoms with E-state index in [0.29, 0.717) is 29.1 Å². The van der Waals surface area contributed by atoms with Gasteiger partial charge >= 0.3 is 5.91 Å². The van der Waals surface area contributed by atoms with Gasteiger partial charge < -0.3 is 9.84 Å². The number of aromatic nitrogens is 3. The molecule has 166 valence electrons. The van der Waals surface area contributed by atoms with E-state index in [4.69, 9.17) is 4.74 Å². The molecule has 0 saturated heterocycles. The van der Waals surface area contributed by atoms with Crippen LogP contribution in [-0.4, -0.2) is 43.7 Å². The van der Waals surface area contributed by atoms with Gasteiger partial charge in [0, 0.05) is 23.5 Å². The van der Waals surface area contributed by atoms with E-state index >= 15 is 0 Å². The van der Waals surface area contributed by atoms with E-state index in [-0.39, 0.29) is 29.8 Å². The number of allylic oxidation sites excluding steroid dienone is 3. The molecule has 0 bridgehead atoms. The molecule has 9 heteroatoms. The van der Waals surface area contributed by atoms with Crippen LogP contribution in [0.5, 0.6) is 5.75 Å². The van der Waals surface area contributed by atoms with Crippen LogP contribution in [0.4, 0.5) is 0 Å². The third kappa shape index (κ3) is 3.84. The first-order chi connectivity index (χ1) is 16.0. The predicted molar refractivity (Wildman–Crippen MR) is 118 cm³/mol. The zero-order valence-corrected chi connectivity index (χ0v) is 17.8. The van der Waals surface area contributed by atoms with Gasteiger partial charge in [-0.05, 0) is 11.6 Å². The fourth-order valence-electron chi connectivity index (χ4n) is 3.89. The van der Waals surface area contributed by atoms with Crippen LogP contribution in [0.1, 0.15) is 34.5 Å². The maximum atomic E-state index is 12.9. The first kappa shape index (κ1) is 20.5. The molecule has 0 radical (unpaired) electrons. The van der Waals surface area contributed by atoms with Gasteiger partial charge in [0.1, 0.15) is 17.3 Å². The number of hydrogen-bond donors (Lipinski definition) is 3. The largest absolute Gasteiger partial charge is 0.507 e. The number of ether oxygens (including phenoxy) is 1. The number of hydrazine groups is 1. The maximum Gasteiger partial charge on any atom is 0.309 e. The van der Waals surface area contributed by atoms with Gasteiger partial charge in [-0.15, -0.1) is 5.10 Å². The first-order valence-corrected chi connectivity index (χ1v) is 10.5. The number of benzene rings is 2. The van der Waals surface area contributed by atoms with Crippen molar-refractivity contribution in [3.05, 3.63) is 94.9 Å². The summed E-state index contributed by atoms with van der Waals surface area (Å²) < 4.78 is 5.77. The summed E-state index contributed by atoms with van der Waals surface area (Å²) in [5, 5.41) is 18.4. The number of hydrogen-bond acceptors (Lipinski definition) is 7. The molecular weight excluding hydrogens is 422 g/mol.